The first-order valence-electron chi connectivity index (χ1n) is 12.1. The summed E-state index contributed by atoms with van der Waals surface area (Å²) in [5.41, 5.74) is 4.07. The molecule has 1 amide bonds. The van der Waals surface area contributed by atoms with Crippen molar-refractivity contribution in [2.45, 2.75) is 18.5 Å². The van der Waals surface area contributed by atoms with Crippen molar-refractivity contribution in [1.29, 1.82) is 0 Å². The highest BCUT2D eigenvalue weighted by Gasteiger charge is 2.20. The van der Waals surface area contributed by atoms with Gasteiger partial charge in [-0.2, -0.15) is 5.10 Å². The third-order valence-electron chi connectivity index (χ3n) is 6.23. The van der Waals surface area contributed by atoms with Crippen molar-refractivity contribution in [3.05, 3.63) is 96.2 Å². The topological polar surface area (TPSA) is 82.4 Å². The number of fused-ring (bicyclic) bond motifs is 1. The summed E-state index contributed by atoms with van der Waals surface area (Å²) in [6, 6.07) is 19.3. The average Bonchev–Trinajstić information content (AvgIpc) is 3.40. The molecule has 3 aromatic carbocycles. The van der Waals surface area contributed by atoms with Gasteiger partial charge in [-0.25, -0.2) is 19.0 Å². The standard InChI is InChI=1S/C29H26FN5O3S/c1-19-6-4-5-7-24(19)35-28-23(15-33-35)29(32-18-31-28)39-17-27(36)34(22-11-9-21(30)10-12-22)16-20-8-13-25(37-2)26(14-20)38-3/h4-15,18H,16-17H2,1-3H3. The highest BCUT2D eigenvalue weighted by Crippen LogP contribution is 2.30. The number of rotatable bonds is 9. The summed E-state index contributed by atoms with van der Waals surface area (Å²) in [5, 5.41) is 5.95. The first kappa shape index (κ1) is 26.2. The third kappa shape index (κ3) is 5.56. The molecule has 0 saturated carbocycles. The Morgan fingerprint density at radius 2 is 1.77 bits per heavy atom. The fourth-order valence-corrected chi connectivity index (χ4v) is 5.07. The molecular formula is C29H26FN5O3S. The number of para-hydroxylation sites is 1. The smallest absolute Gasteiger partial charge is 0.237 e. The second-order valence-electron chi connectivity index (χ2n) is 8.69. The van der Waals surface area contributed by atoms with Crippen LogP contribution in [-0.4, -0.2) is 45.6 Å². The molecule has 0 aliphatic heterocycles. The summed E-state index contributed by atoms with van der Waals surface area (Å²) in [6.45, 7) is 2.27. The maximum Gasteiger partial charge on any atom is 0.237 e. The molecule has 0 bridgehead atoms. The number of carbonyl (C=O) groups excluding carboxylic acids is 1. The highest BCUT2D eigenvalue weighted by atomic mass is 32.2. The van der Waals surface area contributed by atoms with E-state index in [0.717, 1.165) is 22.2 Å². The van der Waals surface area contributed by atoms with Crippen LogP contribution >= 0.6 is 11.8 Å². The Hall–Kier alpha value is -4.44. The molecule has 0 saturated heterocycles. The Bertz CT molecular complexity index is 1620. The average molecular weight is 544 g/mol. The van der Waals surface area contributed by atoms with Crippen molar-refractivity contribution < 1.29 is 18.7 Å². The number of methoxy groups -OCH3 is 2. The van der Waals surface area contributed by atoms with Gasteiger partial charge in [0.2, 0.25) is 5.91 Å². The number of ether oxygens (including phenoxy) is 2. The van der Waals surface area contributed by atoms with Crippen molar-refractivity contribution in [2.24, 2.45) is 0 Å². The summed E-state index contributed by atoms with van der Waals surface area (Å²) in [4.78, 5) is 24.1. The number of hydrogen-bond acceptors (Lipinski definition) is 7. The third-order valence-corrected chi connectivity index (χ3v) is 7.22. The molecule has 0 fully saturated rings. The van der Waals surface area contributed by atoms with Crippen LogP contribution in [-0.2, 0) is 11.3 Å². The molecule has 2 heterocycles. The summed E-state index contributed by atoms with van der Waals surface area (Å²) in [6.07, 6.45) is 3.20. The molecule has 2 aromatic heterocycles. The zero-order valence-corrected chi connectivity index (χ0v) is 22.5. The fraction of sp³-hybridized carbons (Fsp3) is 0.172. The minimum Gasteiger partial charge on any atom is -0.493 e. The van der Waals surface area contributed by atoms with Crippen LogP contribution in [0.2, 0.25) is 0 Å². The number of hydrogen-bond donors (Lipinski definition) is 0. The van der Waals surface area contributed by atoms with Gasteiger partial charge in [-0.3, -0.25) is 4.79 Å². The largest absolute Gasteiger partial charge is 0.493 e. The molecule has 5 rings (SSSR count). The highest BCUT2D eigenvalue weighted by molar-refractivity contribution is 8.00. The fourth-order valence-electron chi connectivity index (χ4n) is 4.23. The molecular weight excluding hydrogens is 517 g/mol. The molecule has 0 aliphatic carbocycles. The van der Waals surface area contributed by atoms with Crippen molar-refractivity contribution in [2.75, 3.05) is 24.9 Å². The van der Waals surface area contributed by atoms with Gasteiger partial charge in [-0.15, -0.1) is 0 Å². The second kappa shape index (κ2) is 11.5. The van der Waals surface area contributed by atoms with Gasteiger partial charge in [0.25, 0.3) is 0 Å². The molecule has 8 nitrogen and oxygen atoms in total. The zero-order chi connectivity index (χ0) is 27.4. The molecule has 0 atom stereocenters. The summed E-state index contributed by atoms with van der Waals surface area (Å²) >= 11 is 1.31. The number of aromatic nitrogens is 4. The molecule has 10 heteroatoms. The van der Waals surface area contributed by atoms with Crippen LogP contribution in [0.15, 0.2) is 84.3 Å². The molecule has 0 aliphatic rings. The molecule has 0 unspecified atom stereocenters. The number of amides is 1. The van der Waals surface area contributed by atoms with Crippen molar-refractivity contribution in [3.8, 4) is 17.2 Å². The lowest BCUT2D eigenvalue weighted by molar-refractivity contribution is -0.116. The first-order valence-corrected chi connectivity index (χ1v) is 13.1. The maximum atomic E-state index is 13.7. The zero-order valence-electron chi connectivity index (χ0n) is 21.7. The number of nitrogens with zero attached hydrogens (tertiary/aromatic N) is 5. The quantitative estimate of drug-likeness (QED) is 0.177. The van der Waals surface area contributed by atoms with E-state index in [2.05, 4.69) is 15.1 Å². The van der Waals surface area contributed by atoms with E-state index in [1.165, 1.54) is 30.2 Å². The van der Waals surface area contributed by atoms with E-state index in [1.807, 2.05) is 43.3 Å². The Kier molecular flexibility index (Phi) is 7.74. The number of benzene rings is 3. The Morgan fingerprint density at radius 3 is 2.51 bits per heavy atom. The van der Waals surface area contributed by atoms with Crippen LogP contribution in [0.25, 0.3) is 16.7 Å². The van der Waals surface area contributed by atoms with Crippen molar-refractivity contribution >= 4 is 34.4 Å². The summed E-state index contributed by atoms with van der Waals surface area (Å²) in [5.74, 6) is 0.715. The van der Waals surface area contributed by atoms with E-state index in [9.17, 15) is 9.18 Å². The van der Waals surface area contributed by atoms with Gasteiger partial charge < -0.3 is 14.4 Å². The Labute approximate surface area is 229 Å². The van der Waals surface area contributed by atoms with E-state index < -0.39 is 0 Å². The minimum absolute atomic E-state index is 0.103. The van der Waals surface area contributed by atoms with Crippen molar-refractivity contribution in [3.63, 3.8) is 0 Å². The SMILES string of the molecule is COc1ccc(CN(C(=O)CSc2ncnc3c2cnn3-c2ccccc2C)c2ccc(F)cc2)cc1OC. The predicted molar refractivity (Wildman–Crippen MR) is 149 cm³/mol. The molecule has 0 spiro atoms. The summed E-state index contributed by atoms with van der Waals surface area (Å²) in [7, 11) is 3.13. The first-order chi connectivity index (χ1) is 19.0. The molecule has 0 N–H and O–H groups in total. The van der Waals surface area contributed by atoms with Crippen LogP contribution in [0.1, 0.15) is 11.1 Å². The van der Waals surface area contributed by atoms with Gasteiger partial charge in [-0.1, -0.05) is 36.0 Å². The molecule has 0 radical (unpaired) electrons. The van der Waals surface area contributed by atoms with Gasteiger partial charge in [0.1, 0.15) is 17.2 Å². The lowest BCUT2D eigenvalue weighted by Gasteiger charge is -2.23. The van der Waals surface area contributed by atoms with E-state index in [1.54, 1.807) is 48.2 Å². The van der Waals surface area contributed by atoms with Gasteiger partial charge in [0.15, 0.2) is 17.1 Å². The Balaban J connectivity index is 1.41. The summed E-state index contributed by atoms with van der Waals surface area (Å²) < 4.78 is 26.2. The lowest BCUT2D eigenvalue weighted by atomic mass is 10.1. The van der Waals surface area contributed by atoms with Crippen LogP contribution in [0, 0.1) is 12.7 Å². The predicted octanol–water partition coefficient (Wildman–Crippen LogP) is 5.61. The molecule has 39 heavy (non-hydrogen) atoms. The number of aryl methyl sites for hydroxylation is 1. The number of halogens is 1. The van der Waals surface area contributed by atoms with Crippen LogP contribution in [0.3, 0.4) is 0 Å². The number of anilines is 1. The minimum atomic E-state index is -0.374. The lowest BCUT2D eigenvalue weighted by Crippen LogP contribution is -2.32. The van der Waals surface area contributed by atoms with E-state index in [-0.39, 0.29) is 24.0 Å². The monoisotopic (exact) mass is 543 g/mol. The molecule has 198 valence electrons. The van der Waals surface area contributed by atoms with Gasteiger partial charge in [0.05, 0.1) is 43.8 Å². The van der Waals surface area contributed by atoms with E-state index in [4.69, 9.17) is 9.47 Å². The van der Waals surface area contributed by atoms with E-state index >= 15 is 0 Å². The second-order valence-corrected chi connectivity index (χ2v) is 9.66. The number of thioether (sulfide) groups is 1. The van der Waals surface area contributed by atoms with Crippen LogP contribution < -0.4 is 14.4 Å². The van der Waals surface area contributed by atoms with Gasteiger partial charge in [0, 0.05) is 5.69 Å². The van der Waals surface area contributed by atoms with Gasteiger partial charge in [-0.05, 0) is 60.5 Å². The maximum absolute atomic E-state index is 13.7. The van der Waals surface area contributed by atoms with Gasteiger partial charge >= 0.3 is 0 Å². The van der Waals surface area contributed by atoms with Crippen LogP contribution in [0.5, 0.6) is 11.5 Å². The van der Waals surface area contributed by atoms with Crippen molar-refractivity contribution in [1.82, 2.24) is 19.7 Å². The van der Waals surface area contributed by atoms with Crippen LogP contribution in [0.4, 0.5) is 10.1 Å². The number of carbonyl (C=O) groups is 1. The normalized spacial score (nSPS) is 11.0. The Morgan fingerprint density at radius 1 is 1.00 bits per heavy atom. The molecule has 5 aromatic rings. The van der Waals surface area contributed by atoms with E-state index in [0.29, 0.717) is 27.9 Å².